The van der Waals surface area contributed by atoms with Crippen molar-refractivity contribution in [3.8, 4) is 0 Å². The maximum absolute atomic E-state index is 12.3. The molecular formula is C11H15ClN4O2S2. The van der Waals surface area contributed by atoms with Gasteiger partial charge in [0.25, 0.3) is 0 Å². The summed E-state index contributed by atoms with van der Waals surface area (Å²) in [6.45, 7) is 4.26. The van der Waals surface area contributed by atoms with E-state index < -0.39 is 10.0 Å². The number of hydrogen-bond donors (Lipinski definition) is 1. The van der Waals surface area contributed by atoms with Crippen molar-refractivity contribution in [1.82, 2.24) is 19.7 Å². The van der Waals surface area contributed by atoms with Crippen molar-refractivity contribution in [2.24, 2.45) is 5.92 Å². The summed E-state index contributed by atoms with van der Waals surface area (Å²) in [5, 5.41) is 8.00. The minimum atomic E-state index is -3.57. The van der Waals surface area contributed by atoms with Crippen LogP contribution in [0.1, 0.15) is 13.8 Å². The Bertz CT molecular complexity index is 652. The van der Waals surface area contributed by atoms with Crippen molar-refractivity contribution < 1.29 is 8.42 Å². The summed E-state index contributed by atoms with van der Waals surface area (Å²) in [7, 11) is -3.57. The van der Waals surface area contributed by atoms with Gasteiger partial charge in [-0.25, -0.2) is 13.1 Å². The van der Waals surface area contributed by atoms with Gasteiger partial charge in [0.05, 0.1) is 23.3 Å². The van der Waals surface area contributed by atoms with Crippen molar-refractivity contribution in [3.63, 3.8) is 0 Å². The topological polar surface area (TPSA) is 76.9 Å². The van der Waals surface area contributed by atoms with Gasteiger partial charge in [0.2, 0.25) is 10.0 Å². The SMILES string of the molecule is CC(C)[C@@H](Cn1nccn1)NS(=O)(=O)c1ccc(Cl)s1. The molecule has 0 aliphatic rings. The lowest BCUT2D eigenvalue weighted by atomic mass is 10.1. The molecule has 0 saturated heterocycles. The molecule has 1 N–H and O–H groups in total. The Morgan fingerprint density at radius 2 is 2.00 bits per heavy atom. The summed E-state index contributed by atoms with van der Waals surface area (Å²) in [5.41, 5.74) is 0. The molecule has 0 saturated carbocycles. The zero-order chi connectivity index (χ0) is 14.8. The molecule has 0 fully saturated rings. The van der Waals surface area contributed by atoms with E-state index >= 15 is 0 Å². The lowest BCUT2D eigenvalue weighted by molar-refractivity contribution is 0.361. The van der Waals surface area contributed by atoms with Gasteiger partial charge in [0.15, 0.2) is 0 Å². The Morgan fingerprint density at radius 3 is 2.50 bits per heavy atom. The van der Waals surface area contributed by atoms with E-state index in [0.29, 0.717) is 10.9 Å². The Morgan fingerprint density at radius 1 is 1.35 bits per heavy atom. The second kappa shape index (κ2) is 6.21. The fourth-order valence-corrected chi connectivity index (χ4v) is 4.47. The van der Waals surface area contributed by atoms with Crippen LogP contribution in [0.3, 0.4) is 0 Å². The number of nitrogens with one attached hydrogen (secondary N) is 1. The number of rotatable bonds is 6. The first-order valence-electron chi connectivity index (χ1n) is 6.00. The Kier molecular flexibility index (Phi) is 4.79. The monoisotopic (exact) mass is 334 g/mol. The molecule has 0 spiro atoms. The first kappa shape index (κ1) is 15.4. The van der Waals surface area contributed by atoms with Gasteiger partial charge < -0.3 is 0 Å². The molecule has 2 heterocycles. The van der Waals surface area contributed by atoms with Gasteiger partial charge >= 0.3 is 0 Å². The van der Waals surface area contributed by atoms with Crippen LogP contribution in [0, 0.1) is 5.92 Å². The van der Waals surface area contributed by atoms with Crippen LogP contribution in [0.5, 0.6) is 0 Å². The van der Waals surface area contributed by atoms with Crippen LogP contribution in [0.4, 0.5) is 0 Å². The highest BCUT2D eigenvalue weighted by atomic mass is 35.5. The van der Waals surface area contributed by atoms with Crippen LogP contribution >= 0.6 is 22.9 Å². The Labute approximate surface area is 126 Å². The predicted octanol–water partition coefficient (Wildman–Crippen LogP) is 2.00. The molecule has 0 aromatic carbocycles. The fourth-order valence-electron chi connectivity index (χ4n) is 1.60. The quantitative estimate of drug-likeness (QED) is 0.876. The van der Waals surface area contributed by atoms with Crippen LogP contribution in [0.15, 0.2) is 28.7 Å². The average Bonchev–Trinajstić information content (AvgIpc) is 2.99. The van der Waals surface area contributed by atoms with E-state index in [2.05, 4.69) is 14.9 Å². The third-order valence-electron chi connectivity index (χ3n) is 2.75. The van der Waals surface area contributed by atoms with Crippen LogP contribution in [-0.2, 0) is 16.6 Å². The van der Waals surface area contributed by atoms with Gasteiger partial charge in [0.1, 0.15) is 4.21 Å². The third-order valence-corrected chi connectivity index (χ3v) is 5.96. The van der Waals surface area contributed by atoms with E-state index in [-0.39, 0.29) is 16.2 Å². The van der Waals surface area contributed by atoms with Crippen LogP contribution in [0.2, 0.25) is 4.34 Å². The van der Waals surface area contributed by atoms with Crippen molar-refractivity contribution in [3.05, 3.63) is 28.9 Å². The van der Waals surface area contributed by atoms with Crippen LogP contribution in [-0.4, -0.2) is 29.5 Å². The molecule has 0 unspecified atom stereocenters. The maximum atomic E-state index is 12.3. The molecule has 0 radical (unpaired) electrons. The lowest BCUT2D eigenvalue weighted by Crippen LogP contribution is -2.41. The zero-order valence-corrected chi connectivity index (χ0v) is 13.4. The molecule has 0 bridgehead atoms. The molecule has 0 aliphatic carbocycles. The minimum absolute atomic E-state index is 0.103. The molecule has 2 rings (SSSR count). The molecule has 2 aromatic rings. The van der Waals surface area contributed by atoms with E-state index in [0.717, 1.165) is 11.3 Å². The van der Waals surface area contributed by atoms with E-state index in [1.807, 2.05) is 13.8 Å². The van der Waals surface area contributed by atoms with Gasteiger partial charge in [-0.2, -0.15) is 15.0 Å². The van der Waals surface area contributed by atoms with E-state index in [4.69, 9.17) is 11.6 Å². The number of thiophene rings is 1. The first-order chi connectivity index (χ1) is 9.38. The Hall–Kier alpha value is -0.960. The molecule has 2 aromatic heterocycles. The summed E-state index contributed by atoms with van der Waals surface area (Å²) in [6.07, 6.45) is 3.12. The summed E-state index contributed by atoms with van der Waals surface area (Å²) < 4.78 is 27.9. The molecule has 20 heavy (non-hydrogen) atoms. The molecule has 0 amide bonds. The molecule has 9 heteroatoms. The van der Waals surface area contributed by atoms with Crippen LogP contribution < -0.4 is 4.72 Å². The number of halogens is 1. The molecular weight excluding hydrogens is 320 g/mol. The Balaban J connectivity index is 2.15. The minimum Gasteiger partial charge on any atom is -0.206 e. The largest absolute Gasteiger partial charge is 0.250 e. The third kappa shape index (κ3) is 3.78. The maximum Gasteiger partial charge on any atom is 0.250 e. The molecule has 110 valence electrons. The second-order valence-electron chi connectivity index (χ2n) is 4.61. The normalized spacial score (nSPS) is 13.8. The first-order valence-corrected chi connectivity index (χ1v) is 8.68. The highest BCUT2D eigenvalue weighted by Crippen LogP contribution is 2.25. The number of sulfonamides is 1. The van der Waals surface area contributed by atoms with Crippen LogP contribution in [0.25, 0.3) is 0 Å². The van der Waals surface area contributed by atoms with Gasteiger partial charge in [-0.05, 0) is 18.1 Å². The standard InChI is InChI=1S/C11H15ClN4O2S2/c1-8(2)9(7-16-13-5-6-14-16)15-20(17,18)11-4-3-10(12)19-11/h3-6,8-9,15H,7H2,1-2H3/t9-/m1/s1. The zero-order valence-electron chi connectivity index (χ0n) is 11.0. The number of nitrogens with zero attached hydrogens (tertiary/aromatic N) is 3. The second-order valence-corrected chi connectivity index (χ2v) is 8.27. The number of hydrogen-bond acceptors (Lipinski definition) is 5. The molecule has 6 nitrogen and oxygen atoms in total. The number of aromatic nitrogens is 3. The lowest BCUT2D eigenvalue weighted by Gasteiger charge is -2.21. The predicted molar refractivity (Wildman–Crippen MR) is 78.3 cm³/mol. The molecule has 1 atom stereocenters. The van der Waals surface area contributed by atoms with Gasteiger partial charge in [-0.15, -0.1) is 11.3 Å². The summed E-state index contributed by atoms with van der Waals surface area (Å²) >= 11 is 6.82. The van der Waals surface area contributed by atoms with Crippen molar-refractivity contribution in [2.75, 3.05) is 0 Å². The fraction of sp³-hybridized carbons (Fsp3) is 0.455. The van der Waals surface area contributed by atoms with E-state index in [9.17, 15) is 8.42 Å². The van der Waals surface area contributed by atoms with Crippen molar-refractivity contribution in [1.29, 1.82) is 0 Å². The van der Waals surface area contributed by atoms with E-state index in [1.54, 1.807) is 18.5 Å². The highest BCUT2D eigenvalue weighted by Gasteiger charge is 2.24. The van der Waals surface area contributed by atoms with Gasteiger partial charge in [-0.3, -0.25) is 0 Å². The van der Waals surface area contributed by atoms with Crippen molar-refractivity contribution in [2.45, 2.75) is 30.6 Å². The van der Waals surface area contributed by atoms with Gasteiger partial charge in [-0.1, -0.05) is 25.4 Å². The smallest absolute Gasteiger partial charge is 0.206 e. The van der Waals surface area contributed by atoms with Crippen molar-refractivity contribution >= 4 is 33.0 Å². The van der Waals surface area contributed by atoms with Gasteiger partial charge in [0, 0.05) is 6.04 Å². The molecule has 0 aliphatic heterocycles. The highest BCUT2D eigenvalue weighted by molar-refractivity contribution is 7.91. The summed E-state index contributed by atoms with van der Waals surface area (Å²) in [6, 6.07) is 2.77. The summed E-state index contributed by atoms with van der Waals surface area (Å²) in [4.78, 5) is 1.47. The average molecular weight is 335 g/mol. The van der Waals surface area contributed by atoms with E-state index in [1.165, 1.54) is 10.9 Å². The summed E-state index contributed by atoms with van der Waals surface area (Å²) in [5.74, 6) is 0.103.